The van der Waals surface area contributed by atoms with E-state index in [-0.39, 0.29) is 5.92 Å². The van der Waals surface area contributed by atoms with Crippen LogP contribution in [0.5, 0.6) is 0 Å². The van der Waals surface area contributed by atoms with Gasteiger partial charge in [0.25, 0.3) is 0 Å². The number of methoxy groups -OCH3 is 1. The maximum absolute atomic E-state index is 10.8. The van der Waals surface area contributed by atoms with Gasteiger partial charge in [0, 0.05) is 7.11 Å². The maximum atomic E-state index is 10.8. The van der Waals surface area contributed by atoms with Crippen molar-refractivity contribution in [3.8, 4) is 0 Å². The summed E-state index contributed by atoms with van der Waals surface area (Å²) < 4.78 is 5.25. The van der Waals surface area contributed by atoms with Crippen LogP contribution in [0.4, 0.5) is 0 Å². The number of rotatable bonds is 5. The first-order chi connectivity index (χ1) is 9.07. The number of aryl methyl sites for hydroxylation is 1. The zero-order valence-corrected chi connectivity index (χ0v) is 12.4. The van der Waals surface area contributed by atoms with E-state index >= 15 is 0 Å². The molecule has 2 unspecified atom stereocenters. The predicted octanol–water partition coefficient (Wildman–Crippen LogP) is 3.53. The van der Waals surface area contributed by atoms with Crippen LogP contribution >= 0.6 is 0 Å². The molecule has 1 aromatic rings. The monoisotopic (exact) mass is 262 g/mol. The van der Waals surface area contributed by atoms with Gasteiger partial charge < -0.3 is 9.84 Å². The minimum atomic E-state index is -0.718. The number of benzene rings is 1. The average molecular weight is 262 g/mol. The molecule has 1 aromatic carbocycles. The Bertz CT molecular complexity index is 413. The highest BCUT2D eigenvalue weighted by Gasteiger charge is 2.35. The summed E-state index contributed by atoms with van der Waals surface area (Å²) in [6.07, 6.45) is 4.38. The van der Waals surface area contributed by atoms with Crippen LogP contribution < -0.4 is 0 Å². The molecule has 0 amide bonds. The molecule has 2 heteroatoms. The lowest BCUT2D eigenvalue weighted by atomic mass is 9.74. The minimum Gasteiger partial charge on any atom is -0.387 e. The molecule has 0 saturated carbocycles. The maximum Gasteiger partial charge on any atom is 0.0908 e. The van der Waals surface area contributed by atoms with E-state index in [0.29, 0.717) is 12.5 Å². The van der Waals surface area contributed by atoms with E-state index in [1.807, 2.05) is 0 Å². The van der Waals surface area contributed by atoms with Crippen molar-refractivity contribution >= 4 is 0 Å². The van der Waals surface area contributed by atoms with Crippen LogP contribution in [0.1, 0.15) is 50.2 Å². The van der Waals surface area contributed by atoms with Crippen molar-refractivity contribution in [1.82, 2.24) is 0 Å². The summed E-state index contributed by atoms with van der Waals surface area (Å²) in [7, 11) is 1.67. The molecule has 1 aliphatic rings. The lowest BCUT2D eigenvalue weighted by Gasteiger charge is -2.37. The highest BCUT2D eigenvalue weighted by Crippen LogP contribution is 2.39. The van der Waals surface area contributed by atoms with Gasteiger partial charge >= 0.3 is 0 Å². The first kappa shape index (κ1) is 14.5. The van der Waals surface area contributed by atoms with E-state index < -0.39 is 5.60 Å². The quantitative estimate of drug-likeness (QED) is 0.879. The smallest absolute Gasteiger partial charge is 0.0908 e. The van der Waals surface area contributed by atoms with Crippen LogP contribution in [0.15, 0.2) is 24.3 Å². The number of hydrogen-bond donors (Lipinski definition) is 1. The Morgan fingerprint density at radius 2 is 2.11 bits per heavy atom. The van der Waals surface area contributed by atoms with E-state index in [4.69, 9.17) is 4.74 Å². The van der Waals surface area contributed by atoms with Gasteiger partial charge in [-0.2, -0.15) is 0 Å². The van der Waals surface area contributed by atoms with Crippen LogP contribution in [0.3, 0.4) is 0 Å². The standard InChI is InChI=1S/C17H26O2/c1-13(2)17(18,12-19-3)11-15-9-6-8-14-7-4-5-10-16(14)15/h4-5,7,10,13,15,18H,6,8-9,11-12H2,1-3H3. The van der Waals surface area contributed by atoms with E-state index in [0.717, 1.165) is 6.42 Å². The Hall–Kier alpha value is -0.860. The Kier molecular flexibility index (Phi) is 4.64. The van der Waals surface area contributed by atoms with Crippen molar-refractivity contribution in [2.75, 3.05) is 13.7 Å². The molecule has 0 fully saturated rings. The second kappa shape index (κ2) is 6.06. The van der Waals surface area contributed by atoms with Crippen LogP contribution in [0.25, 0.3) is 0 Å². The lowest BCUT2D eigenvalue weighted by molar-refractivity contribution is -0.0750. The van der Waals surface area contributed by atoms with Crippen LogP contribution in [0, 0.1) is 5.92 Å². The van der Waals surface area contributed by atoms with Gasteiger partial charge in [0.2, 0.25) is 0 Å². The number of fused-ring (bicyclic) bond motifs is 1. The number of aliphatic hydroxyl groups is 1. The van der Waals surface area contributed by atoms with Crippen molar-refractivity contribution in [3.05, 3.63) is 35.4 Å². The van der Waals surface area contributed by atoms with Crippen molar-refractivity contribution in [1.29, 1.82) is 0 Å². The third-order valence-corrected chi connectivity index (χ3v) is 4.56. The number of ether oxygens (including phenoxy) is 1. The summed E-state index contributed by atoms with van der Waals surface area (Å²) in [5.41, 5.74) is 2.18. The second-order valence-corrected chi connectivity index (χ2v) is 6.18. The van der Waals surface area contributed by atoms with Crippen LogP contribution in [-0.4, -0.2) is 24.4 Å². The molecular weight excluding hydrogens is 236 g/mol. The molecule has 0 aliphatic heterocycles. The Morgan fingerprint density at radius 1 is 1.37 bits per heavy atom. The SMILES string of the molecule is COCC(O)(CC1CCCc2ccccc21)C(C)C. The molecule has 2 nitrogen and oxygen atoms in total. The van der Waals surface area contributed by atoms with E-state index in [1.54, 1.807) is 7.11 Å². The Morgan fingerprint density at radius 3 is 2.79 bits per heavy atom. The molecule has 0 spiro atoms. The molecule has 0 heterocycles. The molecule has 1 N–H and O–H groups in total. The molecule has 0 radical (unpaired) electrons. The molecule has 2 rings (SSSR count). The zero-order chi connectivity index (χ0) is 13.9. The predicted molar refractivity (Wildman–Crippen MR) is 78.4 cm³/mol. The molecule has 1 aliphatic carbocycles. The number of hydrogen-bond acceptors (Lipinski definition) is 2. The van der Waals surface area contributed by atoms with E-state index in [2.05, 4.69) is 38.1 Å². The largest absolute Gasteiger partial charge is 0.387 e. The van der Waals surface area contributed by atoms with Crippen molar-refractivity contribution in [2.24, 2.45) is 5.92 Å². The van der Waals surface area contributed by atoms with Gasteiger partial charge in [-0.05, 0) is 48.6 Å². The van der Waals surface area contributed by atoms with Crippen LogP contribution in [0.2, 0.25) is 0 Å². The minimum absolute atomic E-state index is 0.210. The first-order valence-electron chi connectivity index (χ1n) is 7.36. The molecule has 0 bridgehead atoms. The molecule has 106 valence electrons. The second-order valence-electron chi connectivity index (χ2n) is 6.18. The highest BCUT2D eigenvalue weighted by molar-refractivity contribution is 5.32. The van der Waals surface area contributed by atoms with Crippen molar-refractivity contribution in [3.63, 3.8) is 0 Å². The summed E-state index contributed by atoms with van der Waals surface area (Å²) in [6, 6.07) is 8.69. The molecular formula is C17H26O2. The lowest BCUT2D eigenvalue weighted by Crippen LogP contribution is -2.41. The van der Waals surface area contributed by atoms with Gasteiger partial charge in [0.05, 0.1) is 12.2 Å². The molecule has 0 saturated heterocycles. The fourth-order valence-electron chi connectivity index (χ4n) is 3.20. The third kappa shape index (κ3) is 3.18. The van der Waals surface area contributed by atoms with Crippen molar-refractivity contribution in [2.45, 2.75) is 51.0 Å². The summed E-state index contributed by atoms with van der Waals surface area (Å²) >= 11 is 0. The van der Waals surface area contributed by atoms with Gasteiger partial charge in [-0.3, -0.25) is 0 Å². The van der Waals surface area contributed by atoms with E-state index in [9.17, 15) is 5.11 Å². The molecule has 2 atom stereocenters. The zero-order valence-electron chi connectivity index (χ0n) is 12.4. The summed E-state index contributed by atoms with van der Waals surface area (Å²) in [5.74, 6) is 0.675. The summed E-state index contributed by atoms with van der Waals surface area (Å²) in [4.78, 5) is 0. The Balaban J connectivity index is 2.19. The van der Waals surface area contributed by atoms with Gasteiger partial charge in [-0.25, -0.2) is 0 Å². The first-order valence-corrected chi connectivity index (χ1v) is 7.36. The summed E-state index contributed by atoms with van der Waals surface area (Å²) in [6.45, 7) is 4.57. The Labute approximate surface area is 116 Å². The average Bonchev–Trinajstić information content (AvgIpc) is 2.39. The normalized spacial score (nSPS) is 22.1. The van der Waals surface area contributed by atoms with Gasteiger partial charge in [-0.15, -0.1) is 0 Å². The fourth-order valence-corrected chi connectivity index (χ4v) is 3.20. The van der Waals surface area contributed by atoms with E-state index in [1.165, 1.54) is 30.4 Å². The molecule has 0 aromatic heterocycles. The third-order valence-electron chi connectivity index (χ3n) is 4.56. The topological polar surface area (TPSA) is 29.5 Å². The summed E-state index contributed by atoms with van der Waals surface area (Å²) in [5, 5.41) is 10.8. The fraction of sp³-hybridized carbons (Fsp3) is 0.647. The van der Waals surface area contributed by atoms with Gasteiger partial charge in [0.1, 0.15) is 0 Å². The highest BCUT2D eigenvalue weighted by atomic mass is 16.5. The van der Waals surface area contributed by atoms with Crippen LogP contribution in [-0.2, 0) is 11.2 Å². The van der Waals surface area contributed by atoms with Gasteiger partial charge in [0.15, 0.2) is 0 Å². The van der Waals surface area contributed by atoms with Gasteiger partial charge in [-0.1, -0.05) is 38.1 Å². The molecule has 19 heavy (non-hydrogen) atoms. The van der Waals surface area contributed by atoms with Crippen molar-refractivity contribution < 1.29 is 9.84 Å².